The fourth-order valence-electron chi connectivity index (χ4n) is 2.77. The molecule has 0 radical (unpaired) electrons. The molecule has 0 saturated carbocycles. The van der Waals surface area contributed by atoms with Gasteiger partial charge in [0.05, 0.1) is 24.4 Å². The van der Waals surface area contributed by atoms with E-state index in [1.165, 1.54) is 11.1 Å². The molecule has 0 aliphatic rings. The molecule has 2 aromatic heterocycles. The van der Waals surface area contributed by atoms with E-state index in [9.17, 15) is 4.79 Å². The summed E-state index contributed by atoms with van der Waals surface area (Å²) >= 11 is 0. The lowest BCUT2D eigenvalue weighted by Crippen LogP contribution is -2.31. The molecular formula is C20H22N4O. The van der Waals surface area contributed by atoms with Crippen molar-refractivity contribution in [1.82, 2.24) is 20.1 Å². The van der Waals surface area contributed by atoms with Crippen LogP contribution in [0.3, 0.4) is 0 Å². The number of nitrogens with one attached hydrogen (secondary N) is 1. The Bertz CT molecular complexity index is 824. The predicted molar refractivity (Wildman–Crippen MR) is 96.9 cm³/mol. The second-order valence-corrected chi connectivity index (χ2v) is 6.26. The van der Waals surface area contributed by atoms with E-state index in [0.717, 1.165) is 11.3 Å². The van der Waals surface area contributed by atoms with Crippen molar-refractivity contribution in [2.24, 2.45) is 7.05 Å². The Balaban J connectivity index is 1.74. The normalized spacial score (nSPS) is 11.9. The first-order valence-electron chi connectivity index (χ1n) is 8.33. The molecule has 1 N–H and O–H groups in total. The largest absolute Gasteiger partial charge is 0.347 e. The van der Waals surface area contributed by atoms with Gasteiger partial charge in [-0.1, -0.05) is 35.9 Å². The number of carbonyl (C=O) groups excluding carboxylic acids is 1. The third-order valence-electron chi connectivity index (χ3n) is 4.06. The highest BCUT2D eigenvalue weighted by molar-refractivity contribution is 5.78. The first-order chi connectivity index (χ1) is 12.1. The molecule has 3 aromatic rings. The van der Waals surface area contributed by atoms with Crippen LogP contribution in [0.15, 0.2) is 61.1 Å². The van der Waals surface area contributed by atoms with Gasteiger partial charge in [-0.05, 0) is 36.6 Å². The number of aryl methyl sites for hydroxylation is 2. The van der Waals surface area contributed by atoms with Crippen molar-refractivity contribution in [1.29, 1.82) is 0 Å². The smallest absolute Gasteiger partial charge is 0.225 e. The van der Waals surface area contributed by atoms with Gasteiger partial charge >= 0.3 is 0 Å². The SMILES string of the molecule is Cc1ccc(CC(NC(=O)Cc2cnn(C)c2)c2ccccn2)cc1. The number of rotatable bonds is 6. The average molecular weight is 334 g/mol. The summed E-state index contributed by atoms with van der Waals surface area (Å²) in [6.07, 6.45) is 6.34. The van der Waals surface area contributed by atoms with Crippen LogP contribution in [0.25, 0.3) is 0 Å². The van der Waals surface area contributed by atoms with Crippen molar-refractivity contribution >= 4 is 5.91 Å². The number of hydrogen-bond acceptors (Lipinski definition) is 3. The fraction of sp³-hybridized carbons (Fsp3) is 0.250. The molecule has 5 nitrogen and oxygen atoms in total. The number of amides is 1. The highest BCUT2D eigenvalue weighted by Crippen LogP contribution is 2.17. The zero-order valence-electron chi connectivity index (χ0n) is 14.5. The van der Waals surface area contributed by atoms with Crippen LogP contribution in [0.5, 0.6) is 0 Å². The molecule has 2 heterocycles. The summed E-state index contributed by atoms with van der Waals surface area (Å²) in [5.74, 6) is -0.0317. The Kier molecular flexibility index (Phi) is 5.23. The molecular weight excluding hydrogens is 312 g/mol. The van der Waals surface area contributed by atoms with Crippen molar-refractivity contribution in [3.63, 3.8) is 0 Å². The molecule has 1 unspecified atom stereocenters. The van der Waals surface area contributed by atoms with Gasteiger partial charge in [-0.15, -0.1) is 0 Å². The van der Waals surface area contributed by atoms with Gasteiger partial charge in [-0.3, -0.25) is 14.5 Å². The fourth-order valence-corrected chi connectivity index (χ4v) is 2.77. The van der Waals surface area contributed by atoms with Crippen LogP contribution in [0.1, 0.15) is 28.4 Å². The molecule has 128 valence electrons. The van der Waals surface area contributed by atoms with Gasteiger partial charge < -0.3 is 5.32 Å². The summed E-state index contributed by atoms with van der Waals surface area (Å²) in [7, 11) is 1.84. The van der Waals surface area contributed by atoms with Crippen LogP contribution < -0.4 is 5.32 Å². The summed E-state index contributed by atoms with van der Waals surface area (Å²) in [6, 6.07) is 14.0. The second-order valence-electron chi connectivity index (χ2n) is 6.26. The van der Waals surface area contributed by atoms with E-state index in [1.807, 2.05) is 31.4 Å². The Labute approximate surface area is 147 Å². The molecule has 1 aromatic carbocycles. The van der Waals surface area contributed by atoms with E-state index in [0.29, 0.717) is 12.8 Å². The number of benzene rings is 1. The summed E-state index contributed by atoms with van der Waals surface area (Å²) in [4.78, 5) is 16.9. The third kappa shape index (κ3) is 4.76. The Morgan fingerprint density at radius 2 is 1.96 bits per heavy atom. The second kappa shape index (κ2) is 7.75. The number of hydrogen-bond donors (Lipinski definition) is 1. The monoisotopic (exact) mass is 334 g/mol. The lowest BCUT2D eigenvalue weighted by molar-refractivity contribution is -0.121. The molecule has 5 heteroatoms. The molecule has 0 fully saturated rings. The standard InChI is InChI=1S/C20H22N4O/c1-15-6-8-16(9-7-15)11-19(18-5-3-4-10-21-18)23-20(25)12-17-13-22-24(2)14-17/h3-10,13-14,19H,11-12H2,1-2H3,(H,23,25). The van der Waals surface area contributed by atoms with Crippen LogP contribution in [-0.2, 0) is 24.7 Å². The maximum absolute atomic E-state index is 12.5. The third-order valence-corrected chi connectivity index (χ3v) is 4.06. The van der Waals surface area contributed by atoms with E-state index < -0.39 is 0 Å². The summed E-state index contributed by atoms with van der Waals surface area (Å²) < 4.78 is 1.70. The summed E-state index contributed by atoms with van der Waals surface area (Å²) in [5, 5.41) is 7.22. The number of carbonyl (C=O) groups is 1. The topological polar surface area (TPSA) is 59.8 Å². The first-order valence-corrected chi connectivity index (χ1v) is 8.33. The number of aromatic nitrogens is 3. The van der Waals surface area contributed by atoms with Gasteiger partial charge in [0.25, 0.3) is 0 Å². The zero-order chi connectivity index (χ0) is 17.6. The van der Waals surface area contributed by atoms with Gasteiger partial charge in [0.1, 0.15) is 0 Å². The molecule has 0 spiro atoms. The van der Waals surface area contributed by atoms with Crippen molar-refractivity contribution in [2.75, 3.05) is 0 Å². The molecule has 0 saturated heterocycles. The number of nitrogens with zero attached hydrogens (tertiary/aromatic N) is 3. The van der Waals surface area contributed by atoms with Crippen molar-refractivity contribution in [2.45, 2.75) is 25.8 Å². The maximum atomic E-state index is 12.5. The van der Waals surface area contributed by atoms with Gasteiger partial charge in [0, 0.05) is 19.4 Å². The van der Waals surface area contributed by atoms with Gasteiger partial charge in [-0.25, -0.2) is 0 Å². The Morgan fingerprint density at radius 1 is 1.16 bits per heavy atom. The van der Waals surface area contributed by atoms with E-state index in [2.05, 4.69) is 46.6 Å². The molecule has 0 aliphatic heterocycles. The molecule has 1 atom stereocenters. The molecule has 25 heavy (non-hydrogen) atoms. The Hall–Kier alpha value is -2.95. The van der Waals surface area contributed by atoms with E-state index >= 15 is 0 Å². The van der Waals surface area contributed by atoms with Crippen LogP contribution in [0.2, 0.25) is 0 Å². The zero-order valence-corrected chi connectivity index (χ0v) is 14.5. The van der Waals surface area contributed by atoms with E-state index in [1.54, 1.807) is 17.1 Å². The van der Waals surface area contributed by atoms with Crippen LogP contribution in [-0.4, -0.2) is 20.7 Å². The highest BCUT2D eigenvalue weighted by atomic mass is 16.1. The minimum Gasteiger partial charge on any atom is -0.347 e. The quantitative estimate of drug-likeness (QED) is 0.754. The molecule has 0 bridgehead atoms. The van der Waals surface area contributed by atoms with Crippen LogP contribution >= 0.6 is 0 Å². The van der Waals surface area contributed by atoms with Gasteiger partial charge in [0.2, 0.25) is 5.91 Å². The predicted octanol–water partition coefficient (Wildman–Crippen LogP) is 2.77. The minimum atomic E-state index is -0.159. The van der Waals surface area contributed by atoms with Gasteiger partial charge in [0.15, 0.2) is 0 Å². The Morgan fingerprint density at radius 3 is 2.60 bits per heavy atom. The lowest BCUT2D eigenvalue weighted by atomic mass is 10.0. The molecule has 1 amide bonds. The number of pyridine rings is 1. The lowest BCUT2D eigenvalue weighted by Gasteiger charge is -2.18. The maximum Gasteiger partial charge on any atom is 0.225 e. The van der Waals surface area contributed by atoms with Crippen LogP contribution in [0, 0.1) is 6.92 Å². The highest BCUT2D eigenvalue weighted by Gasteiger charge is 2.17. The van der Waals surface area contributed by atoms with E-state index in [4.69, 9.17) is 0 Å². The summed E-state index contributed by atoms with van der Waals surface area (Å²) in [6.45, 7) is 2.07. The van der Waals surface area contributed by atoms with Crippen molar-refractivity contribution < 1.29 is 4.79 Å². The van der Waals surface area contributed by atoms with Crippen LogP contribution in [0.4, 0.5) is 0 Å². The van der Waals surface area contributed by atoms with E-state index in [-0.39, 0.29) is 11.9 Å². The average Bonchev–Trinajstić information content (AvgIpc) is 3.01. The van der Waals surface area contributed by atoms with Crippen molar-refractivity contribution in [3.05, 3.63) is 83.4 Å². The van der Waals surface area contributed by atoms with Crippen molar-refractivity contribution in [3.8, 4) is 0 Å². The summed E-state index contributed by atoms with van der Waals surface area (Å²) in [5.41, 5.74) is 4.15. The van der Waals surface area contributed by atoms with Gasteiger partial charge in [-0.2, -0.15) is 5.10 Å². The molecule has 3 rings (SSSR count). The minimum absolute atomic E-state index is 0.0317. The first kappa shape index (κ1) is 16.9. The molecule has 0 aliphatic carbocycles.